The molecule has 0 saturated heterocycles. The Labute approximate surface area is 312 Å². The highest BCUT2D eigenvalue weighted by Crippen LogP contribution is 2.78. The summed E-state index contributed by atoms with van der Waals surface area (Å²) in [6.07, 6.45) is 11.6. The highest BCUT2D eigenvalue weighted by molar-refractivity contribution is 6.10. The molecule has 2 N–H and O–H groups in total. The SMILES string of the molecule is COCCCN(C[C@]1(O)CC[C@H]2[C@]34C=C[C@@]5(C=C3C(=O)c3ccc(OC)cc3)CC(O)CC[C@]5(C)[C@H]4CC[C@@]21C)C(=O)Oc1ccc2ccccc2c1. The standard InChI is InChI=1S/C45H53NO7/c1-41-19-16-33(47)27-43(41)22-23-45(36(28-43)39(48)31-11-13-34(52-4)14-12-31)37(41)17-20-42(2)38(45)18-21-44(42,50)29-46(24-7-25-51-3)40(49)53-35-15-10-30-8-5-6-9-32(30)26-35/h5-6,8-15,22-23,26,28,33,37-38,47,50H,7,16-21,24-25,27,29H2,1-4H3/t33?,37-,38-,41-,42+,43+,44-,45-/m1/s1. The van der Waals surface area contributed by atoms with Crippen LogP contribution in [0.1, 0.15) is 75.6 Å². The number of rotatable bonds is 10. The van der Waals surface area contributed by atoms with Crippen molar-refractivity contribution < 1.29 is 34.0 Å². The summed E-state index contributed by atoms with van der Waals surface area (Å²) in [6.45, 7) is 5.56. The molecule has 8 heteroatoms. The molecule has 2 bridgehead atoms. The van der Waals surface area contributed by atoms with E-state index in [-0.39, 0.29) is 29.6 Å². The number of allylic oxidation sites excluding steroid dienone is 4. The third-order valence-electron chi connectivity index (χ3n) is 14.7. The van der Waals surface area contributed by atoms with E-state index < -0.39 is 34.0 Å². The first-order chi connectivity index (χ1) is 25.4. The third-order valence-corrected chi connectivity index (χ3v) is 14.7. The van der Waals surface area contributed by atoms with Crippen LogP contribution in [0.3, 0.4) is 0 Å². The first-order valence-electron chi connectivity index (χ1n) is 19.4. The van der Waals surface area contributed by atoms with Gasteiger partial charge in [-0.15, -0.1) is 0 Å². The van der Waals surface area contributed by atoms with Crippen LogP contribution in [-0.2, 0) is 4.74 Å². The van der Waals surface area contributed by atoms with Crippen molar-refractivity contribution in [1.82, 2.24) is 4.90 Å². The summed E-state index contributed by atoms with van der Waals surface area (Å²) in [5.74, 6) is 1.29. The van der Waals surface area contributed by atoms with Gasteiger partial charge in [-0.2, -0.15) is 0 Å². The van der Waals surface area contributed by atoms with Crippen molar-refractivity contribution in [2.24, 2.45) is 33.5 Å². The predicted molar refractivity (Wildman–Crippen MR) is 204 cm³/mol. The fraction of sp³-hybridized carbons (Fsp3) is 0.511. The van der Waals surface area contributed by atoms with E-state index in [4.69, 9.17) is 14.2 Å². The molecule has 0 aliphatic heterocycles. The lowest BCUT2D eigenvalue weighted by Gasteiger charge is -2.71. The highest BCUT2D eigenvalue weighted by atomic mass is 16.6. The number of benzene rings is 3. The van der Waals surface area contributed by atoms with E-state index in [1.54, 1.807) is 19.1 Å². The summed E-state index contributed by atoms with van der Waals surface area (Å²) in [5.41, 5.74) is -1.55. The fourth-order valence-electron chi connectivity index (χ4n) is 11.8. The maximum absolute atomic E-state index is 14.9. The average Bonchev–Trinajstić information content (AvgIpc) is 3.43. The van der Waals surface area contributed by atoms with Gasteiger partial charge in [-0.25, -0.2) is 4.79 Å². The van der Waals surface area contributed by atoms with Crippen molar-refractivity contribution >= 4 is 22.6 Å². The number of aliphatic hydroxyl groups excluding tert-OH is 1. The molecule has 3 aromatic rings. The van der Waals surface area contributed by atoms with E-state index in [1.807, 2.05) is 66.7 Å². The van der Waals surface area contributed by atoms with E-state index in [9.17, 15) is 19.8 Å². The summed E-state index contributed by atoms with van der Waals surface area (Å²) in [5, 5.41) is 26.1. The Morgan fingerprint density at radius 1 is 0.849 bits per heavy atom. The lowest BCUT2D eigenvalue weighted by molar-refractivity contribution is -0.175. The zero-order valence-electron chi connectivity index (χ0n) is 31.5. The highest BCUT2D eigenvalue weighted by Gasteiger charge is 2.74. The molecule has 280 valence electrons. The number of amides is 1. The summed E-state index contributed by atoms with van der Waals surface area (Å²) in [7, 11) is 3.27. The molecule has 3 saturated carbocycles. The number of ether oxygens (including phenoxy) is 3. The number of hydrogen-bond donors (Lipinski definition) is 2. The topological polar surface area (TPSA) is 106 Å². The smallest absolute Gasteiger partial charge is 0.415 e. The van der Waals surface area contributed by atoms with Crippen LogP contribution in [0.2, 0.25) is 0 Å². The Balaban J connectivity index is 1.15. The second-order valence-corrected chi connectivity index (χ2v) is 17.0. The maximum Gasteiger partial charge on any atom is 0.415 e. The summed E-state index contributed by atoms with van der Waals surface area (Å²) < 4.78 is 16.8. The van der Waals surface area contributed by atoms with E-state index in [1.165, 1.54) is 0 Å². The van der Waals surface area contributed by atoms with Crippen molar-refractivity contribution in [2.75, 3.05) is 33.9 Å². The van der Waals surface area contributed by atoms with Gasteiger partial charge in [0.2, 0.25) is 0 Å². The largest absolute Gasteiger partial charge is 0.497 e. The number of methoxy groups -OCH3 is 2. The molecule has 8 atom stereocenters. The van der Waals surface area contributed by atoms with Gasteiger partial charge in [-0.05, 0) is 116 Å². The molecule has 9 rings (SSSR count). The van der Waals surface area contributed by atoms with Crippen molar-refractivity contribution in [3.05, 3.63) is 96.1 Å². The minimum Gasteiger partial charge on any atom is -0.497 e. The number of nitrogens with zero attached hydrogens (tertiary/aromatic N) is 1. The molecule has 2 spiro atoms. The van der Waals surface area contributed by atoms with Gasteiger partial charge in [0.15, 0.2) is 5.78 Å². The molecule has 53 heavy (non-hydrogen) atoms. The van der Waals surface area contributed by atoms with Gasteiger partial charge in [0.25, 0.3) is 0 Å². The fourth-order valence-corrected chi connectivity index (χ4v) is 11.8. The van der Waals surface area contributed by atoms with E-state index >= 15 is 0 Å². The van der Waals surface area contributed by atoms with Crippen LogP contribution in [0.5, 0.6) is 11.5 Å². The van der Waals surface area contributed by atoms with Gasteiger partial charge in [0, 0.05) is 47.6 Å². The van der Waals surface area contributed by atoms with Crippen LogP contribution in [0.4, 0.5) is 4.79 Å². The first kappa shape index (κ1) is 36.0. The van der Waals surface area contributed by atoms with Crippen LogP contribution in [-0.4, -0.2) is 72.6 Å². The number of hydrogen-bond acceptors (Lipinski definition) is 7. The van der Waals surface area contributed by atoms with Crippen LogP contribution < -0.4 is 9.47 Å². The molecular formula is C45H53NO7. The summed E-state index contributed by atoms with van der Waals surface area (Å²) >= 11 is 0. The van der Waals surface area contributed by atoms with E-state index in [2.05, 4.69) is 32.1 Å². The average molecular weight is 720 g/mol. The van der Waals surface area contributed by atoms with Crippen molar-refractivity contribution in [2.45, 2.75) is 76.9 Å². The monoisotopic (exact) mass is 719 g/mol. The van der Waals surface area contributed by atoms with Crippen molar-refractivity contribution in [1.29, 1.82) is 0 Å². The molecule has 1 unspecified atom stereocenters. The molecule has 3 aromatic carbocycles. The molecule has 6 aliphatic rings. The Bertz CT molecular complexity index is 1970. The Morgan fingerprint density at radius 2 is 1.55 bits per heavy atom. The Morgan fingerprint density at radius 3 is 2.30 bits per heavy atom. The molecule has 6 aliphatic carbocycles. The van der Waals surface area contributed by atoms with Crippen molar-refractivity contribution in [3.8, 4) is 11.5 Å². The molecule has 0 radical (unpaired) electrons. The maximum atomic E-state index is 14.9. The van der Waals surface area contributed by atoms with Gasteiger partial charge in [0.05, 0.1) is 25.4 Å². The normalized spacial score (nSPS) is 35.2. The number of fused-ring (bicyclic) bond motifs is 2. The number of carbonyl (C=O) groups excluding carboxylic acids is 2. The second-order valence-electron chi connectivity index (χ2n) is 17.0. The van der Waals surface area contributed by atoms with Crippen LogP contribution >= 0.6 is 0 Å². The van der Waals surface area contributed by atoms with Crippen LogP contribution in [0.25, 0.3) is 10.8 Å². The quantitative estimate of drug-likeness (QED) is 0.124. The molecule has 1 amide bonds. The Kier molecular flexibility index (Phi) is 8.90. The number of Topliss-reactive ketones (excluding diaryl/α,β-unsaturated/α-hetero) is 1. The second kappa shape index (κ2) is 13.1. The number of carbonyl (C=O) groups is 2. The minimum absolute atomic E-state index is 0.00309. The molecule has 3 fully saturated rings. The van der Waals surface area contributed by atoms with Crippen LogP contribution in [0, 0.1) is 33.5 Å². The van der Waals surface area contributed by atoms with Gasteiger partial charge in [0.1, 0.15) is 11.5 Å². The summed E-state index contributed by atoms with van der Waals surface area (Å²) in [6, 6.07) is 21.0. The first-order valence-corrected chi connectivity index (χ1v) is 19.4. The zero-order valence-corrected chi connectivity index (χ0v) is 31.5. The van der Waals surface area contributed by atoms with Crippen LogP contribution in [0.15, 0.2) is 90.5 Å². The van der Waals surface area contributed by atoms with Gasteiger partial charge in [-0.3, -0.25) is 4.79 Å². The van der Waals surface area contributed by atoms with Gasteiger partial charge < -0.3 is 29.3 Å². The van der Waals surface area contributed by atoms with E-state index in [0.717, 1.165) is 48.4 Å². The van der Waals surface area contributed by atoms with Gasteiger partial charge >= 0.3 is 6.09 Å². The molecule has 0 heterocycles. The lowest BCUT2D eigenvalue weighted by atomic mass is 9.32. The third kappa shape index (κ3) is 5.42. The number of aliphatic hydroxyl groups is 2. The zero-order chi connectivity index (χ0) is 37.2. The van der Waals surface area contributed by atoms with Gasteiger partial charge in [-0.1, -0.05) is 62.4 Å². The predicted octanol–water partition coefficient (Wildman–Crippen LogP) is 8.16. The van der Waals surface area contributed by atoms with E-state index in [0.29, 0.717) is 49.5 Å². The Hall–Kier alpha value is -3.98. The number of ketones is 1. The summed E-state index contributed by atoms with van der Waals surface area (Å²) in [4.78, 5) is 30.6. The molecular weight excluding hydrogens is 666 g/mol. The molecule has 8 nitrogen and oxygen atoms in total. The minimum atomic E-state index is -1.22. The molecule has 0 aromatic heterocycles. The lowest BCUT2D eigenvalue weighted by Crippen LogP contribution is -2.67. The van der Waals surface area contributed by atoms with Crippen molar-refractivity contribution in [3.63, 3.8) is 0 Å².